The van der Waals surface area contributed by atoms with E-state index in [9.17, 15) is 9.90 Å². The first-order valence-electron chi connectivity index (χ1n) is 8.10. The Bertz CT molecular complexity index is 530. The number of esters is 1. The Labute approximate surface area is 136 Å². The highest BCUT2D eigenvalue weighted by Gasteiger charge is 2.38. The molecule has 2 saturated heterocycles. The number of aliphatic hydroxyl groups excluding tert-OH is 1. The molecule has 0 aromatic heterocycles. The van der Waals surface area contributed by atoms with E-state index in [0.29, 0.717) is 25.3 Å². The van der Waals surface area contributed by atoms with E-state index in [4.69, 9.17) is 9.47 Å². The first kappa shape index (κ1) is 16.2. The largest absolute Gasteiger partial charge is 0.497 e. The molecule has 6 heteroatoms. The van der Waals surface area contributed by atoms with E-state index in [1.807, 2.05) is 24.3 Å². The van der Waals surface area contributed by atoms with Crippen LogP contribution in [0.3, 0.4) is 0 Å². The fourth-order valence-electron chi connectivity index (χ4n) is 3.07. The summed E-state index contributed by atoms with van der Waals surface area (Å²) in [5.74, 6) is 0.961. The Morgan fingerprint density at radius 1 is 1.26 bits per heavy atom. The highest BCUT2D eigenvalue weighted by atomic mass is 16.6. The van der Waals surface area contributed by atoms with Gasteiger partial charge in [-0.15, -0.1) is 0 Å². The van der Waals surface area contributed by atoms with Crippen LogP contribution in [0.15, 0.2) is 24.3 Å². The Morgan fingerprint density at radius 3 is 2.61 bits per heavy atom. The van der Waals surface area contributed by atoms with Gasteiger partial charge in [-0.1, -0.05) is 12.1 Å². The monoisotopic (exact) mass is 320 g/mol. The number of β-amino-alcohol motifs (C(OH)–C–C–N with tert-alkyl or cyclic N) is 1. The normalized spacial score (nSPS) is 27.5. The molecular formula is C17H24N2O4. The summed E-state index contributed by atoms with van der Waals surface area (Å²) < 4.78 is 10.7. The molecular weight excluding hydrogens is 296 g/mol. The van der Waals surface area contributed by atoms with Crippen LogP contribution in [0.4, 0.5) is 0 Å². The summed E-state index contributed by atoms with van der Waals surface area (Å²) in [5.41, 5.74) is 1.11. The van der Waals surface area contributed by atoms with Crippen molar-refractivity contribution in [1.82, 2.24) is 10.6 Å². The van der Waals surface area contributed by atoms with Crippen molar-refractivity contribution in [2.45, 2.75) is 31.1 Å². The van der Waals surface area contributed by atoms with Crippen LogP contribution in [-0.4, -0.2) is 56.1 Å². The average Bonchev–Trinajstić information content (AvgIpc) is 2.85. The van der Waals surface area contributed by atoms with Gasteiger partial charge in [-0.05, 0) is 43.1 Å². The highest BCUT2D eigenvalue weighted by Crippen LogP contribution is 2.20. The maximum atomic E-state index is 12.0. The molecule has 0 amide bonds. The fraction of sp³-hybridized carbons (Fsp3) is 0.588. The number of nitrogens with one attached hydrogen (secondary N) is 2. The van der Waals surface area contributed by atoms with E-state index in [2.05, 4.69) is 10.6 Å². The van der Waals surface area contributed by atoms with Crippen molar-refractivity contribution in [3.8, 4) is 5.75 Å². The molecule has 0 saturated carbocycles. The molecule has 2 fully saturated rings. The van der Waals surface area contributed by atoms with Crippen LogP contribution in [0, 0.1) is 5.92 Å². The number of carbonyl (C=O) groups excluding carboxylic acids is 1. The molecule has 0 radical (unpaired) electrons. The SMILES string of the molecule is COc1ccc(C[C@H]2NC[C@H](O)[C@H]2OC(=O)CC2CNC2)cc1. The van der Waals surface area contributed by atoms with Crippen molar-refractivity contribution < 1.29 is 19.4 Å². The standard InChI is InChI=1S/C17H24N2O4/c1-22-13-4-2-11(3-5-13)6-14-17(15(20)10-19-14)23-16(21)7-12-8-18-9-12/h2-5,12,14-15,17-20H,6-10H2,1H3/t14-,15+,17+/m1/s1. The van der Waals surface area contributed by atoms with Gasteiger partial charge >= 0.3 is 5.97 Å². The zero-order valence-corrected chi connectivity index (χ0v) is 13.3. The zero-order chi connectivity index (χ0) is 16.2. The second kappa shape index (κ2) is 7.29. The highest BCUT2D eigenvalue weighted by molar-refractivity contribution is 5.70. The molecule has 0 unspecified atom stereocenters. The zero-order valence-electron chi connectivity index (χ0n) is 13.3. The Hall–Kier alpha value is -1.63. The number of ether oxygens (including phenoxy) is 2. The second-order valence-corrected chi connectivity index (χ2v) is 6.32. The van der Waals surface area contributed by atoms with Gasteiger partial charge in [0.05, 0.1) is 19.6 Å². The Kier molecular flexibility index (Phi) is 5.15. The summed E-state index contributed by atoms with van der Waals surface area (Å²) in [6, 6.07) is 7.73. The smallest absolute Gasteiger partial charge is 0.306 e. The van der Waals surface area contributed by atoms with E-state index in [1.54, 1.807) is 7.11 Å². The van der Waals surface area contributed by atoms with Crippen molar-refractivity contribution in [3.63, 3.8) is 0 Å². The molecule has 0 bridgehead atoms. The summed E-state index contributed by atoms with van der Waals surface area (Å²) in [6.45, 7) is 2.19. The molecule has 2 aliphatic rings. The number of aliphatic hydroxyl groups is 1. The molecule has 1 aromatic rings. The minimum absolute atomic E-state index is 0.0677. The molecule has 126 valence electrons. The minimum Gasteiger partial charge on any atom is -0.497 e. The van der Waals surface area contributed by atoms with E-state index < -0.39 is 12.2 Å². The number of rotatable bonds is 6. The fourth-order valence-corrected chi connectivity index (χ4v) is 3.07. The molecule has 2 heterocycles. The molecule has 3 N–H and O–H groups in total. The lowest BCUT2D eigenvalue weighted by molar-refractivity contribution is -0.155. The van der Waals surface area contributed by atoms with Crippen LogP contribution in [0.1, 0.15) is 12.0 Å². The topological polar surface area (TPSA) is 79.8 Å². The first-order valence-corrected chi connectivity index (χ1v) is 8.10. The Morgan fingerprint density at radius 2 is 2.00 bits per heavy atom. The van der Waals surface area contributed by atoms with E-state index in [1.165, 1.54) is 0 Å². The lowest BCUT2D eigenvalue weighted by Gasteiger charge is -2.28. The van der Waals surface area contributed by atoms with Gasteiger partial charge in [0.25, 0.3) is 0 Å². The lowest BCUT2D eigenvalue weighted by atomic mass is 9.99. The molecule has 0 spiro atoms. The molecule has 23 heavy (non-hydrogen) atoms. The van der Waals surface area contributed by atoms with E-state index in [-0.39, 0.29) is 12.0 Å². The van der Waals surface area contributed by atoms with Crippen molar-refractivity contribution >= 4 is 5.97 Å². The summed E-state index contributed by atoms with van der Waals surface area (Å²) >= 11 is 0. The van der Waals surface area contributed by atoms with Gasteiger partial charge in [-0.3, -0.25) is 4.79 Å². The molecule has 0 aliphatic carbocycles. The van der Waals surface area contributed by atoms with Crippen molar-refractivity contribution in [2.75, 3.05) is 26.7 Å². The van der Waals surface area contributed by atoms with Crippen LogP contribution in [-0.2, 0) is 16.0 Å². The van der Waals surface area contributed by atoms with Crippen LogP contribution in [0.2, 0.25) is 0 Å². The quantitative estimate of drug-likeness (QED) is 0.645. The summed E-state index contributed by atoms with van der Waals surface area (Å²) in [5, 5.41) is 16.5. The number of hydrogen-bond acceptors (Lipinski definition) is 6. The summed E-state index contributed by atoms with van der Waals surface area (Å²) in [7, 11) is 1.64. The molecule has 3 rings (SSSR count). The van der Waals surface area contributed by atoms with Gasteiger partial charge < -0.3 is 25.2 Å². The number of carbonyl (C=O) groups is 1. The van der Waals surface area contributed by atoms with Crippen LogP contribution in [0.25, 0.3) is 0 Å². The van der Waals surface area contributed by atoms with Gasteiger partial charge in [0.2, 0.25) is 0 Å². The number of methoxy groups -OCH3 is 1. The van der Waals surface area contributed by atoms with Crippen LogP contribution < -0.4 is 15.4 Å². The maximum absolute atomic E-state index is 12.0. The third-order valence-corrected chi connectivity index (χ3v) is 4.57. The van der Waals surface area contributed by atoms with E-state index in [0.717, 1.165) is 24.4 Å². The summed E-state index contributed by atoms with van der Waals surface area (Å²) in [6.07, 6.45) is -0.0190. The van der Waals surface area contributed by atoms with Gasteiger partial charge in [-0.25, -0.2) is 0 Å². The van der Waals surface area contributed by atoms with Crippen molar-refractivity contribution in [2.24, 2.45) is 5.92 Å². The van der Waals surface area contributed by atoms with E-state index >= 15 is 0 Å². The van der Waals surface area contributed by atoms with Gasteiger partial charge in [0.15, 0.2) is 0 Å². The third kappa shape index (κ3) is 4.02. The van der Waals surface area contributed by atoms with Crippen molar-refractivity contribution in [1.29, 1.82) is 0 Å². The molecule has 6 nitrogen and oxygen atoms in total. The number of benzene rings is 1. The van der Waals surface area contributed by atoms with Gasteiger partial charge in [0.1, 0.15) is 18.0 Å². The first-order chi connectivity index (χ1) is 11.2. The maximum Gasteiger partial charge on any atom is 0.306 e. The Balaban J connectivity index is 1.57. The van der Waals surface area contributed by atoms with Crippen molar-refractivity contribution in [3.05, 3.63) is 29.8 Å². The molecule has 3 atom stereocenters. The molecule has 2 aliphatic heterocycles. The predicted octanol–water partition coefficient (Wildman–Crippen LogP) is 0.0917. The van der Waals surface area contributed by atoms with Crippen LogP contribution in [0.5, 0.6) is 5.75 Å². The minimum atomic E-state index is -0.651. The van der Waals surface area contributed by atoms with Crippen LogP contribution >= 0.6 is 0 Å². The average molecular weight is 320 g/mol. The predicted molar refractivity (Wildman–Crippen MR) is 85.4 cm³/mol. The molecule has 1 aromatic carbocycles. The number of hydrogen-bond donors (Lipinski definition) is 3. The summed E-state index contributed by atoms with van der Waals surface area (Å²) in [4.78, 5) is 12.0. The lowest BCUT2D eigenvalue weighted by Crippen LogP contribution is -2.44. The third-order valence-electron chi connectivity index (χ3n) is 4.57. The van der Waals surface area contributed by atoms with Gasteiger partial charge in [0, 0.05) is 6.54 Å². The van der Waals surface area contributed by atoms with Gasteiger partial charge in [-0.2, -0.15) is 0 Å². The second-order valence-electron chi connectivity index (χ2n) is 6.32.